The van der Waals surface area contributed by atoms with E-state index in [9.17, 15) is 13.2 Å². The first-order valence-electron chi connectivity index (χ1n) is 7.70. The van der Waals surface area contributed by atoms with Crippen LogP contribution < -0.4 is 4.72 Å². The number of carbonyl (C=O) groups is 1. The summed E-state index contributed by atoms with van der Waals surface area (Å²) in [5.74, 6) is -0.0219. The number of hydrogen-bond acceptors (Lipinski definition) is 8. The third kappa shape index (κ3) is 5.36. The Morgan fingerprint density at radius 3 is 2.93 bits per heavy atom. The molecule has 0 aliphatic rings. The molecule has 0 spiro atoms. The fraction of sp³-hybridized carbons (Fsp3) is 0.188. The number of esters is 1. The van der Waals surface area contributed by atoms with Gasteiger partial charge in [-0.1, -0.05) is 22.8 Å². The summed E-state index contributed by atoms with van der Waals surface area (Å²) >= 11 is 7.28. The number of nitrogens with one attached hydrogen (secondary N) is 1. The lowest BCUT2D eigenvalue weighted by atomic mass is 10.3. The number of nitrogens with zero attached hydrogens (tertiary/aromatic N) is 2. The zero-order valence-electron chi connectivity index (χ0n) is 13.8. The van der Waals surface area contributed by atoms with Gasteiger partial charge >= 0.3 is 5.97 Å². The molecule has 2 aromatic heterocycles. The highest BCUT2D eigenvalue weighted by Crippen LogP contribution is 2.20. The van der Waals surface area contributed by atoms with Gasteiger partial charge < -0.3 is 9.26 Å². The van der Waals surface area contributed by atoms with Crippen molar-refractivity contribution in [1.29, 1.82) is 0 Å². The van der Waals surface area contributed by atoms with Gasteiger partial charge in [0, 0.05) is 16.9 Å². The Labute approximate surface area is 164 Å². The maximum absolute atomic E-state index is 12.1. The van der Waals surface area contributed by atoms with E-state index in [0.717, 1.165) is 5.56 Å². The third-order valence-electron chi connectivity index (χ3n) is 3.33. The molecule has 0 bridgehead atoms. The molecule has 0 fully saturated rings. The largest absolute Gasteiger partial charge is 0.457 e. The van der Waals surface area contributed by atoms with Gasteiger partial charge in [-0.05, 0) is 29.6 Å². The van der Waals surface area contributed by atoms with Gasteiger partial charge in [-0.25, -0.2) is 13.1 Å². The van der Waals surface area contributed by atoms with Crippen molar-refractivity contribution in [3.8, 4) is 11.5 Å². The minimum absolute atomic E-state index is 0.0242. The number of carbonyl (C=O) groups excluding carboxylic acids is 1. The highest BCUT2D eigenvalue weighted by Gasteiger charge is 2.15. The van der Waals surface area contributed by atoms with Crippen LogP contribution in [0.15, 0.2) is 50.5 Å². The molecule has 0 amide bonds. The zero-order valence-corrected chi connectivity index (χ0v) is 16.2. The summed E-state index contributed by atoms with van der Waals surface area (Å²) < 4.78 is 36.6. The Morgan fingerprint density at radius 2 is 2.19 bits per heavy atom. The molecule has 0 saturated carbocycles. The monoisotopic (exact) mass is 427 g/mol. The Balaban J connectivity index is 1.45. The van der Waals surface area contributed by atoms with Gasteiger partial charge in [0.15, 0.2) is 6.61 Å². The Hall–Kier alpha value is -2.27. The molecule has 27 heavy (non-hydrogen) atoms. The molecule has 1 aromatic carbocycles. The lowest BCUT2D eigenvalue weighted by Crippen LogP contribution is -2.26. The van der Waals surface area contributed by atoms with Crippen LogP contribution in [0.2, 0.25) is 5.02 Å². The van der Waals surface area contributed by atoms with Gasteiger partial charge in [-0.2, -0.15) is 16.3 Å². The summed E-state index contributed by atoms with van der Waals surface area (Å²) in [7, 11) is -3.75. The van der Waals surface area contributed by atoms with Gasteiger partial charge in [-0.15, -0.1) is 0 Å². The van der Waals surface area contributed by atoms with E-state index in [1.54, 1.807) is 6.07 Å². The van der Waals surface area contributed by atoms with Gasteiger partial charge in [-0.3, -0.25) is 4.79 Å². The summed E-state index contributed by atoms with van der Waals surface area (Å²) in [4.78, 5) is 15.9. The average Bonchev–Trinajstić information content (AvgIpc) is 3.31. The molecule has 1 N–H and O–H groups in total. The van der Waals surface area contributed by atoms with Crippen LogP contribution in [0, 0.1) is 0 Å². The highest BCUT2D eigenvalue weighted by molar-refractivity contribution is 7.89. The molecule has 0 aliphatic heterocycles. The van der Waals surface area contributed by atoms with E-state index in [-0.39, 0.29) is 30.3 Å². The predicted octanol–water partition coefficient (Wildman–Crippen LogP) is 2.86. The van der Waals surface area contributed by atoms with Crippen molar-refractivity contribution < 1.29 is 22.5 Å². The maximum Gasteiger partial charge on any atom is 0.307 e. The molecule has 142 valence electrons. The van der Waals surface area contributed by atoms with E-state index >= 15 is 0 Å². The second-order valence-electron chi connectivity index (χ2n) is 5.29. The first-order chi connectivity index (χ1) is 12.9. The number of hydrogen-bond donors (Lipinski definition) is 1. The quantitative estimate of drug-likeness (QED) is 0.550. The summed E-state index contributed by atoms with van der Waals surface area (Å²) in [6.07, 6.45) is -0.144. The third-order valence-corrected chi connectivity index (χ3v) is 5.70. The van der Waals surface area contributed by atoms with E-state index in [4.69, 9.17) is 20.9 Å². The first kappa shape index (κ1) is 19.5. The van der Waals surface area contributed by atoms with E-state index in [1.165, 1.54) is 29.5 Å². The van der Waals surface area contributed by atoms with Crippen molar-refractivity contribution in [2.45, 2.75) is 17.9 Å². The number of rotatable bonds is 8. The molecule has 0 aliphatic carbocycles. The molecule has 8 nitrogen and oxygen atoms in total. The van der Waals surface area contributed by atoms with Crippen molar-refractivity contribution in [1.82, 2.24) is 14.9 Å². The molecule has 0 radical (unpaired) electrons. The summed E-state index contributed by atoms with van der Waals surface area (Å²) in [6, 6.07) is 7.66. The molecule has 0 atom stereocenters. The molecule has 0 unspecified atom stereocenters. The molecular formula is C16H14ClN3O5S2. The van der Waals surface area contributed by atoms with Crippen molar-refractivity contribution >= 4 is 38.9 Å². The fourth-order valence-corrected chi connectivity index (χ4v) is 4.00. The topological polar surface area (TPSA) is 111 Å². The fourth-order valence-electron chi connectivity index (χ4n) is 2.04. The van der Waals surface area contributed by atoms with E-state index in [1.807, 2.05) is 16.8 Å². The summed E-state index contributed by atoms with van der Waals surface area (Å²) in [6.45, 7) is -0.270. The van der Waals surface area contributed by atoms with E-state index < -0.39 is 16.0 Å². The number of ether oxygens (including phenoxy) is 1. The van der Waals surface area contributed by atoms with Crippen molar-refractivity contribution in [2.75, 3.05) is 6.54 Å². The average molecular weight is 428 g/mol. The van der Waals surface area contributed by atoms with Gasteiger partial charge in [0.2, 0.25) is 15.8 Å². The summed E-state index contributed by atoms with van der Waals surface area (Å²) in [5, 5.41) is 7.77. The van der Waals surface area contributed by atoms with Crippen LogP contribution in [0.5, 0.6) is 0 Å². The van der Waals surface area contributed by atoms with Gasteiger partial charge in [0.25, 0.3) is 5.89 Å². The molecular weight excluding hydrogens is 414 g/mol. The molecule has 0 saturated heterocycles. The second kappa shape index (κ2) is 8.61. The van der Waals surface area contributed by atoms with E-state index in [0.29, 0.717) is 10.9 Å². The molecule has 11 heteroatoms. The Bertz CT molecular complexity index is 1020. The van der Waals surface area contributed by atoms with Crippen LogP contribution in [0.25, 0.3) is 11.5 Å². The standard InChI is InChI=1S/C16H14ClN3O5S2/c17-12-2-1-3-13(8-12)27(22,23)18-6-4-15(21)24-9-14-19-16(25-20-14)11-5-7-26-10-11/h1-3,5,7-8,10,18H,4,6,9H2. The van der Waals surface area contributed by atoms with Gasteiger partial charge in [0.05, 0.1) is 16.9 Å². The molecule has 2 heterocycles. The zero-order chi connectivity index (χ0) is 19.3. The molecule has 3 aromatic rings. The predicted molar refractivity (Wildman–Crippen MR) is 98.7 cm³/mol. The van der Waals surface area contributed by atoms with Crippen molar-refractivity contribution in [2.24, 2.45) is 0 Å². The number of halogens is 1. The van der Waals surface area contributed by atoms with Crippen LogP contribution in [-0.4, -0.2) is 31.1 Å². The maximum atomic E-state index is 12.1. The lowest BCUT2D eigenvalue weighted by Gasteiger charge is -2.07. The number of sulfonamides is 1. The van der Waals surface area contributed by atoms with Crippen LogP contribution in [0.4, 0.5) is 0 Å². The molecule has 3 rings (SSSR count). The smallest absolute Gasteiger partial charge is 0.307 e. The number of benzene rings is 1. The lowest BCUT2D eigenvalue weighted by molar-refractivity contribution is -0.145. The first-order valence-corrected chi connectivity index (χ1v) is 10.5. The van der Waals surface area contributed by atoms with Crippen LogP contribution in [0.3, 0.4) is 0 Å². The summed E-state index contributed by atoms with van der Waals surface area (Å²) in [5.41, 5.74) is 0.792. The normalized spacial score (nSPS) is 11.4. The Morgan fingerprint density at radius 1 is 1.33 bits per heavy atom. The van der Waals surface area contributed by atoms with Gasteiger partial charge in [0.1, 0.15) is 0 Å². The highest BCUT2D eigenvalue weighted by atomic mass is 35.5. The number of thiophene rings is 1. The van der Waals surface area contributed by atoms with E-state index in [2.05, 4.69) is 14.9 Å². The van der Waals surface area contributed by atoms with Crippen LogP contribution in [0.1, 0.15) is 12.2 Å². The van der Waals surface area contributed by atoms with Crippen LogP contribution >= 0.6 is 22.9 Å². The van der Waals surface area contributed by atoms with Crippen molar-refractivity contribution in [3.63, 3.8) is 0 Å². The minimum atomic E-state index is -3.75. The second-order valence-corrected chi connectivity index (χ2v) is 8.28. The Kier molecular flexibility index (Phi) is 6.22. The van der Waals surface area contributed by atoms with Crippen LogP contribution in [-0.2, 0) is 26.2 Å². The SMILES string of the molecule is O=C(CCNS(=O)(=O)c1cccc(Cl)c1)OCc1noc(-c2ccsc2)n1. The van der Waals surface area contributed by atoms with Crippen molar-refractivity contribution in [3.05, 3.63) is 51.9 Å². The minimum Gasteiger partial charge on any atom is -0.457 e. The number of aromatic nitrogens is 2.